The van der Waals surface area contributed by atoms with Gasteiger partial charge in [0.15, 0.2) is 5.82 Å². The standard InChI is InChI=1S/C16H27N5O4.2ClH/c1-3-24-12(2)15-18-14(25-19-15)10-20-5-7-21(8-6-20)16(22)13-11-23-9-4-17-13;;/h12-13,17H,3-11H2,1-2H3;2*1H. The van der Waals surface area contributed by atoms with E-state index in [9.17, 15) is 4.79 Å². The second kappa shape index (κ2) is 11.8. The van der Waals surface area contributed by atoms with Gasteiger partial charge in [-0.3, -0.25) is 9.69 Å². The molecule has 0 bridgehead atoms. The van der Waals surface area contributed by atoms with E-state index >= 15 is 0 Å². The number of amides is 1. The summed E-state index contributed by atoms with van der Waals surface area (Å²) in [4.78, 5) is 21.0. The molecule has 2 aliphatic rings. The van der Waals surface area contributed by atoms with Crippen LogP contribution in [0.2, 0.25) is 0 Å². The number of aromatic nitrogens is 2. The van der Waals surface area contributed by atoms with Gasteiger partial charge < -0.3 is 24.2 Å². The highest BCUT2D eigenvalue weighted by molar-refractivity contribution is 5.85. The van der Waals surface area contributed by atoms with Crippen LogP contribution in [0.15, 0.2) is 4.52 Å². The van der Waals surface area contributed by atoms with E-state index in [0.29, 0.717) is 51.2 Å². The van der Waals surface area contributed by atoms with Crippen molar-refractivity contribution in [1.82, 2.24) is 25.3 Å². The smallest absolute Gasteiger partial charge is 0.242 e. The summed E-state index contributed by atoms with van der Waals surface area (Å²) in [5.41, 5.74) is 0. The summed E-state index contributed by atoms with van der Waals surface area (Å²) in [5, 5.41) is 7.20. The molecule has 27 heavy (non-hydrogen) atoms. The number of halogens is 2. The summed E-state index contributed by atoms with van der Waals surface area (Å²) in [7, 11) is 0. The zero-order valence-corrected chi connectivity index (χ0v) is 17.4. The molecule has 0 saturated carbocycles. The average molecular weight is 426 g/mol. The van der Waals surface area contributed by atoms with Crippen molar-refractivity contribution in [3.8, 4) is 0 Å². The lowest BCUT2D eigenvalue weighted by atomic mass is 10.2. The van der Waals surface area contributed by atoms with E-state index in [1.807, 2.05) is 18.7 Å². The van der Waals surface area contributed by atoms with E-state index in [4.69, 9.17) is 14.0 Å². The maximum atomic E-state index is 12.5. The Hall–Kier alpha value is -0.970. The lowest BCUT2D eigenvalue weighted by Gasteiger charge is -2.36. The number of carbonyl (C=O) groups excluding carboxylic acids is 1. The summed E-state index contributed by atoms with van der Waals surface area (Å²) in [6.07, 6.45) is -0.165. The van der Waals surface area contributed by atoms with E-state index in [2.05, 4.69) is 20.4 Å². The van der Waals surface area contributed by atoms with Crippen LogP contribution < -0.4 is 5.32 Å². The zero-order valence-electron chi connectivity index (χ0n) is 15.8. The van der Waals surface area contributed by atoms with Gasteiger partial charge in [-0.2, -0.15) is 4.98 Å². The lowest BCUT2D eigenvalue weighted by Crippen LogP contribution is -2.57. The number of carbonyl (C=O) groups is 1. The largest absolute Gasteiger partial charge is 0.378 e. The molecule has 3 rings (SSSR count). The van der Waals surface area contributed by atoms with Crippen molar-refractivity contribution in [2.45, 2.75) is 32.5 Å². The molecule has 1 amide bonds. The van der Waals surface area contributed by atoms with Crippen LogP contribution in [0.3, 0.4) is 0 Å². The van der Waals surface area contributed by atoms with Crippen LogP contribution in [0.1, 0.15) is 31.7 Å². The van der Waals surface area contributed by atoms with Gasteiger partial charge in [0.25, 0.3) is 0 Å². The van der Waals surface area contributed by atoms with Crippen LogP contribution in [0.5, 0.6) is 0 Å². The number of morpholine rings is 1. The fraction of sp³-hybridized carbons (Fsp3) is 0.812. The van der Waals surface area contributed by atoms with Crippen molar-refractivity contribution < 1.29 is 18.8 Å². The summed E-state index contributed by atoms with van der Waals surface area (Å²) < 4.78 is 16.2. The molecule has 2 fully saturated rings. The average Bonchev–Trinajstić information content (AvgIpc) is 3.11. The summed E-state index contributed by atoms with van der Waals surface area (Å²) in [6, 6.07) is -0.209. The molecular weight excluding hydrogens is 397 g/mol. The highest BCUT2D eigenvalue weighted by Crippen LogP contribution is 2.14. The van der Waals surface area contributed by atoms with Gasteiger partial charge in [-0.1, -0.05) is 5.16 Å². The third kappa shape index (κ3) is 6.55. The van der Waals surface area contributed by atoms with Crippen LogP contribution in [0.25, 0.3) is 0 Å². The molecule has 1 aromatic heterocycles. The number of nitrogens with zero attached hydrogens (tertiary/aromatic N) is 4. The maximum Gasteiger partial charge on any atom is 0.242 e. The second-order valence-corrected chi connectivity index (χ2v) is 6.33. The molecule has 156 valence electrons. The number of rotatable bonds is 6. The molecule has 2 unspecified atom stereocenters. The summed E-state index contributed by atoms with van der Waals surface area (Å²) >= 11 is 0. The number of piperazine rings is 1. The first-order chi connectivity index (χ1) is 12.2. The summed E-state index contributed by atoms with van der Waals surface area (Å²) in [6.45, 7) is 9.90. The van der Waals surface area contributed by atoms with Crippen molar-refractivity contribution in [2.75, 3.05) is 52.5 Å². The molecule has 2 atom stereocenters. The quantitative estimate of drug-likeness (QED) is 0.709. The van der Waals surface area contributed by atoms with Crippen LogP contribution in [-0.2, 0) is 20.8 Å². The fourth-order valence-electron chi connectivity index (χ4n) is 3.08. The molecule has 9 nitrogen and oxygen atoms in total. The number of hydrogen-bond acceptors (Lipinski definition) is 8. The fourth-order valence-corrected chi connectivity index (χ4v) is 3.08. The van der Waals surface area contributed by atoms with Crippen LogP contribution in [0, 0.1) is 0 Å². The van der Waals surface area contributed by atoms with E-state index in [1.54, 1.807) is 0 Å². The molecule has 0 aromatic carbocycles. The molecule has 1 aromatic rings. The topological polar surface area (TPSA) is 93.0 Å². The first kappa shape index (κ1) is 24.1. The lowest BCUT2D eigenvalue weighted by molar-refractivity contribution is -0.138. The third-order valence-corrected chi connectivity index (χ3v) is 4.53. The molecular formula is C16H29Cl2N5O4. The molecule has 0 aliphatic carbocycles. The Kier molecular flexibility index (Phi) is 10.5. The van der Waals surface area contributed by atoms with E-state index in [1.165, 1.54) is 0 Å². The van der Waals surface area contributed by atoms with Gasteiger partial charge in [0, 0.05) is 39.3 Å². The number of ether oxygens (including phenoxy) is 2. The SMILES string of the molecule is CCOC(C)c1noc(CN2CCN(C(=O)C3COCCN3)CC2)n1.Cl.Cl. The Morgan fingerprint density at radius 3 is 2.70 bits per heavy atom. The Labute approximate surface area is 171 Å². The molecule has 2 saturated heterocycles. The molecule has 1 N–H and O–H groups in total. The molecule has 2 aliphatic heterocycles. The van der Waals surface area contributed by atoms with Gasteiger partial charge in [-0.15, -0.1) is 24.8 Å². The Bertz CT molecular complexity index is 563. The second-order valence-electron chi connectivity index (χ2n) is 6.33. The van der Waals surface area contributed by atoms with Crippen LogP contribution in [-0.4, -0.2) is 84.4 Å². The molecule has 0 spiro atoms. The monoisotopic (exact) mass is 425 g/mol. The van der Waals surface area contributed by atoms with Gasteiger partial charge in [0.1, 0.15) is 12.1 Å². The van der Waals surface area contributed by atoms with Gasteiger partial charge in [0.2, 0.25) is 11.8 Å². The van der Waals surface area contributed by atoms with Crippen molar-refractivity contribution >= 4 is 30.7 Å². The first-order valence-electron chi connectivity index (χ1n) is 8.93. The Morgan fingerprint density at radius 1 is 1.33 bits per heavy atom. The van der Waals surface area contributed by atoms with Crippen molar-refractivity contribution in [2.24, 2.45) is 0 Å². The number of hydrogen-bond donors (Lipinski definition) is 1. The highest BCUT2D eigenvalue weighted by Gasteiger charge is 2.29. The maximum absolute atomic E-state index is 12.5. The highest BCUT2D eigenvalue weighted by atomic mass is 35.5. The molecule has 3 heterocycles. The van der Waals surface area contributed by atoms with Gasteiger partial charge in [-0.25, -0.2) is 0 Å². The van der Waals surface area contributed by atoms with E-state index < -0.39 is 0 Å². The third-order valence-electron chi connectivity index (χ3n) is 4.53. The number of nitrogens with one attached hydrogen (secondary N) is 1. The predicted molar refractivity (Wildman–Crippen MR) is 103 cm³/mol. The molecule has 11 heteroatoms. The van der Waals surface area contributed by atoms with Gasteiger partial charge >= 0.3 is 0 Å². The minimum absolute atomic E-state index is 0. The van der Waals surface area contributed by atoms with E-state index in [-0.39, 0.29) is 42.9 Å². The van der Waals surface area contributed by atoms with Crippen molar-refractivity contribution in [3.63, 3.8) is 0 Å². The van der Waals surface area contributed by atoms with E-state index in [0.717, 1.165) is 19.6 Å². The zero-order chi connectivity index (χ0) is 17.6. The summed E-state index contributed by atoms with van der Waals surface area (Å²) in [5.74, 6) is 1.29. The normalized spacial score (nSPS) is 21.9. The van der Waals surface area contributed by atoms with Crippen molar-refractivity contribution in [3.05, 3.63) is 11.7 Å². The Morgan fingerprint density at radius 2 is 2.07 bits per heavy atom. The minimum atomic E-state index is -0.209. The first-order valence-corrected chi connectivity index (χ1v) is 8.93. The van der Waals surface area contributed by atoms with Crippen molar-refractivity contribution in [1.29, 1.82) is 0 Å². The van der Waals surface area contributed by atoms with Gasteiger partial charge in [0.05, 0.1) is 19.8 Å². The molecule has 0 radical (unpaired) electrons. The van der Waals surface area contributed by atoms with Gasteiger partial charge in [-0.05, 0) is 13.8 Å². The predicted octanol–water partition coefficient (Wildman–Crippen LogP) is 0.643. The minimum Gasteiger partial charge on any atom is -0.378 e. The van der Waals surface area contributed by atoms with Crippen LogP contribution in [0.4, 0.5) is 0 Å². The van der Waals surface area contributed by atoms with Crippen LogP contribution >= 0.6 is 24.8 Å². The Balaban J connectivity index is 0.00000182.